The molecule has 1 aromatic rings. The lowest BCUT2D eigenvalue weighted by Gasteiger charge is -2.06. The summed E-state index contributed by atoms with van der Waals surface area (Å²) in [5, 5.41) is 0. The van der Waals surface area contributed by atoms with Crippen molar-refractivity contribution in [2.75, 3.05) is 0 Å². The molecule has 0 spiro atoms. The first-order valence-corrected chi connectivity index (χ1v) is 4.37. The highest BCUT2D eigenvalue weighted by atomic mass is 14.6. The molecule has 1 heterocycles. The lowest BCUT2D eigenvalue weighted by Crippen LogP contribution is -2.22. The van der Waals surface area contributed by atoms with E-state index in [0.29, 0.717) is 0 Å². The quantitative estimate of drug-likeness (QED) is 0.654. The van der Waals surface area contributed by atoms with Gasteiger partial charge in [-0.3, -0.25) is 4.98 Å². The van der Waals surface area contributed by atoms with E-state index >= 15 is 0 Å². The first kappa shape index (κ1) is 9.76. The molecule has 2 N–H and O–H groups in total. The average Bonchev–Trinajstić information content (AvgIpc) is 2.15. The van der Waals surface area contributed by atoms with Gasteiger partial charge in [0, 0.05) is 29.9 Å². The third kappa shape index (κ3) is 3.27. The van der Waals surface area contributed by atoms with Gasteiger partial charge in [0.2, 0.25) is 0 Å². The number of hydrogen-bond acceptors (Lipinski definition) is 2. The van der Waals surface area contributed by atoms with Gasteiger partial charge in [-0.1, -0.05) is 11.8 Å². The molecule has 0 amide bonds. The number of nitrogens with two attached hydrogens (primary N) is 1. The summed E-state index contributed by atoms with van der Waals surface area (Å²) in [6.07, 6.45) is 3.49. The monoisotopic (exact) mass is 174 g/mol. The highest BCUT2D eigenvalue weighted by Gasteiger charge is 2.01. The number of pyridine rings is 1. The summed E-state index contributed by atoms with van der Waals surface area (Å²) in [6.45, 7) is 3.98. The van der Waals surface area contributed by atoms with E-state index < -0.39 is 0 Å². The van der Waals surface area contributed by atoms with Crippen LogP contribution in [0.5, 0.6) is 0 Å². The third-order valence-corrected chi connectivity index (χ3v) is 1.89. The van der Waals surface area contributed by atoms with Gasteiger partial charge < -0.3 is 5.73 Å². The van der Waals surface area contributed by atoms with Gasteiger partial charge >= 0.3 is 0 Å². The van der Waals surface area contributed by atoms with Crippen LogP contribution in [0.1, 0.15) is 19.4 Å². The van der Waals surface area contributed by atoms with Crippen LogP contribution in [0.15, 0.2) is 24.5 Å². The minimum absolute atomic E-state index is 0.115. The second-order valence-corrected chi connectivity index (χ2v) is 3.16. The Labute approximate surface area is 79.2 Å². The Morgan fingerprint density at radius 3 is 2.77 bits per heavy atom. The van der Waals surface area contributed by atoms with Crippen LogP contribution in [-0.4, -0.2) is 11.0 Å². The van der Waals surface area contributed by atoms with E-state index in [4.69, 9.17) is 5.73 Å². The van der Waals surface area contributed by atoms with E-state index in [0.717, 1.165) is 5.56 Å². The van der Waals surface area contributed by atoms with Gasteiger partial charge in [-0.25, -0.2) is 0 Å². The molecule has 2 nitrogen and oxygen atoms in total. The summed E-state index contributed by atoms with van der Waals surface area (Å²) in [6, 6.07) is 3.93. The predicted octanol–water partition coefficient (Wildman–Crippen LogP) is 1.42. The van der Waals surface area contributed by atoms with Crippen LogP contribution in [0.4, 0.5) is 0 Å². The Hall–Kier alpha value is -1.33. The molecule has 0 saturated carbocycles. The molecule has 13 heavy (non-hydrogen) atoms. The van der Waals surface area contributed by atoms with Crippen molar-refractivity contribution in [3.8, 4) is 11.8 Å². The topological polar surface area (TPSA) is 38.9 Å². The van der Waals surface area contributed by atoms with Gasteiger partial charge in [0.15, 0.2) is 0 Å². The van der Waals surface area contributed by atoms with Crippen LogP contribution < -0.4 is 5.73 Å². The summed E-state index contributed by atoms with van der Waals surface area (Å²) in [5.74, 6) is 6.34. The lowest BCUT2D eigenvalue weighted by atomic mass is 10.1. The largest absolute Gasteiger partial charge is 0.327 e. The minimum Gasteiger partial charge on any atom is -0.327 e. The summed E-state index contributed by atoms with van der Waals surface area (Å²) in [5.41, 5.74) is 6.62. The first-order chi connectivity index (χ1) is 6.20. The summed E-state index contributed by atoms with van der Waals surface area (Å²) < 4.78 is 0. The second kappa shape index (κ2) is 4.64. The highest BCUT2D eigenvalue weighted by Crippen LogP contribution is 1.98. The molecule has 0 aliphatic rings. The number of rotatable bonds is 1. The number of nitrogens with zero attached hydrogens (tertiary/aromatic N) is 1. The zero-order chi connectivity index (χ0) is 9.68. The zero-order valence-electron chi connectivity index (χ0n) is 7.99. The van der Waals surface area contributed by atoms with Crippen LogP contribution in [0.25, 0.3) is 0 Å². The Morgan fingerprint density at radius 2 is 2.23 bits per heavy atom. The Bertz CT molecular complexity index is 306. The van der Waals surface area contributed by atoms with Crippen LogP contribution >= 0.6 is 0 Å². The summed E-state index contributed by atoms with van der Waals surface area (Å²) in [4.78, 5) is 3.97. The van der Waals surface area contributed by atoms with Gasteiger partial charge in [0.25, 0.3) is 0 Å². The van der Waals surface area contributed by atoms with Crippen LogP contribution in [-0.2, 0) is 0 Å². The lowest BCUT2D eigenvalue weighted by molar-refractivity contribution is 0.600. The van der Waals surface area contributed by atoms with Crippen molar-refractivity contribution in [1.29, 1.82) is 0 Å². The van der Waals surface area contributed by atoms with E-state index in [2.05, 4.69) is 16.8 Å². The van der Waals surface area contributed by atoms with E-state index in [-0.39, 0.29) is 12.0 Å². The molecule has 0 aliphatic carbocycles. The fourth-order valence-corrected chi connectivity index (χ4v) is 0.765. The molecule has 0 saturated heterocycles. The van der Waals surface area contributed by atoms with E-state index in [1.54, 1.807) is 12.4 Å². The van der Waals surface area contributed by atoms with Gasteiger partial charge in [-0.15, -0.1) is 0 Å². The molecule has 68 valence electrons. The fraction of sp³-hybridized carbons (Fsp3) is 0.364. The predicted molar refractivity (Wildman–Crippen MR) is 53.9 cm³/mol. The number of aromatic nitrogens is 1. The van der Waals surface area contributed by atoms with Crippen molar-refractivity contribution in [3.05, 3.63) is 30.1 Å². The smallest absolute Gasteiger partial charge is 0.0428 e. The first-order valence-electron chi connectivity index (χ1n) is 4.37. The molecule has 0 aromatic carbocycles. The maximum Gasteiger partial charge on any atom is 0.0428 e. The highest BCUT2D eigenvalue weighted by molar-refractivity contribution is 5.31. The fourth-order valence-electron chi connectivity index (χ4n) is 0.765. The maximum atomic E-state index is 5.68. The number of hydrogen-bond donors (Lipinski definition) is 1. The molecule has 0 bridgehead atoms. The molecule has 2 unspecified atom stereocenters. The third-order valence-electron chi connectivity index (χ3n) is 1.89. The SMILES string of the molecule is CC(N)C(C)C#Cc1cccnc1. The van der Waals surface area contributed by atoms with Crippen molar-refractivity contribution in [2.24, 2.45) is 11.7 Å². The van der Waals surface area contributed by atoms with E-state index in [1.807, 2.05) is 26.0 Å². The molecule has 1 aromatic heterocycles. The molecule has 2 atom stereocenters. The van der Waals surface area contributed by atoms with Crippen molar-refractivity contribution < 1.29 is 0 Å². The van der Waals surface area contributed by atoms with E-state index in [1.165, 1.54) is 0 Å². The molecule has 0 radical (unpaired) electrons. The zero-order valence-corrected chi connectivity index (χ0v) is 7.99. The summed E-state index contributed by atoms with van der Waals surface area (Å²) in [7, 11) is 0. The molecular formula is C11H14N2. The normalized spacial score (nSPS) is 14.1. The van der Waals surface area contributed by atoms with Gasteiger partial charge in [0.1, 0.15) is 0 Å². The maximum absolute atomic E-state index is 5.68. The van der Waals surface area contributed by atoms with Crippen LogP contribution in [0.3, 0.4) is 0 Å². The minimum atomic E-state index is 0.115. The molecule has 0 aliphatic heterocycles. The van der Waals surface area contributed by atoms with Crippen LogP contribution in [0, 0.1) is 17.8 Å². The van der Waals surface area contributed by atoms with Crippen molar-refractivity contribution >= 4 is 0 Å². The van der Waals surface area contributed by atoms with Crippen molar-refractivity contribution in [1.82, 2.24) is 4.98 Å². The van der Waals surface area contributed by atoms with Gasteiger partial charge in [-0.2, -0.15) is 0 Å². The second-order valence-electron chi connectivity index (χ2n) is 3.16. The van der Waals surface area contributed by atoms with Crippen molar-refractivity contribution in [2.45, 2.75) is 19.9 Å². The van der Waals surface area contributed by atoms with Crippen molar-refractivity contribution in [3.63, 3.8) is 0 Å². The van der Waals surface area contributed by atoms with Gasteiger partial charge in [0.05, 0.1) is 0 Å². The Morgan fingerprint density at radius 1 is 1.46 bits per heavy atom. The molecule has 2 heteroatoms. The Kier molecular flexibility index (Phi) is 3.48. The molecular weight excluding hydrogens is 160 g/mol. The summed E-state index contributed by atoms with van der Waals surface area (Å²) >= 11 is 0. The standard InChI is InChI=1S/C11H14N2/c1-9(10(2)12)5-6-11-4-3-7-13-8-11/h3-4,7-10H,12H2,1-2H3. The van der Waals surface area contributed by atoms with E-state index in [9.17, 15) is 0 Å². The van der Waals surface area contributed by atoms with Gasteiger partial charge in [-0.05, 0) is 26.0 Å². The molecule has 1 rings (SSSR count). The molecule has 0 fully saturated rings. The Balaban J connectivity index is 2.68. The average molecular weight is 174 g/mol. The van der Waals surface area contributed by atoms with Crippen LogP contribution in [0.2, 0.25) is 0 Å².